The van der Waals surface area contributed by atoms with Gasteiger partial charge in [0.15, 0.2) is 5.13 Å². The average Bonchev–Trinajstić information content (AvgIpc) is 3.24. The number of carbonyl (C=O) groups excluding carboxylic acids is 3. The maximum Gasteiger partial charge on any atom is 0.282 e. The highest BCUT2D eigenvalue weighted by atomic mass is 32.2. The number of anilines is 1. The third kappa shape index (κ3) is 5.08. The van der Waals surface area contributed by atoms with Crippen molar-refractivity contribution in [1.82, 2.24) is 15.2 Å². The molecule has 0 aliphatic carbocycles. The van der Waals surface area contributed by atoms with Gasteiger partial charge in [0.25, 0.3) is 5.24 Å². The Kier molecular flexibility index (Phi) is 6.12. The lowest BCUT2D eigenvalue weighted by molar-refractivity contribution is -0.119. The predicted molar refractivity (Wildman–Crippen MR) is 108 cm³/mol. The number of rotatable bonds is 6. The first-order valence-electron chi connectivity index (χ1n) is 8.47. The summed E-state index contributed by atoms with van der Waals surface area (Å²) in [5.74, 6) is 0.413. The second kappa shape index (κ2) is 8.53. The molecule has 1 aliphatic rings. The first-order chi connectivity index (χ1) is 12.9. The Labute approximate surface area is 165 Å². The molecular formula is C18H20N4O3S2. The second-order valence-corrected chi connectivity index (χ2v) is 8.07. The molecule has 1 atom stereocenters. The van der Waals surface area contributed by atoms with E-state index in [1.807, 2.05) is 36.6 Å². The van der Waals surface area contributed by atoms with Gasteiger partial charge >= 0.3 is 0 Å². The SMILES string of the molecule is CC(=O)NC(C)c1ccc(-c2csc(NC(=O)CN3CCSC3=O)n2)cc1. The molecule has 3 rings (SSSR count). The molecule has 0 bridgehead atoms. The minimum absolute atomic E-state index is 0.0521. The maximum atomic E-state index is 12.1. The van der Waals surface area contributed by atoms with E-state index in [1.54, 1.807) is 0 Å². The first kappa shape index (κ1) is 19.4. The van der Waals surface area contributed by atoms with Gasteiger partial charge in [0.2, 0.25) is 11.8 Å². The van der Waals surface area contributed by atoms with Crippen molar-refractivity contribution in [1.29, 1.82) is 0 Å². The summed E-state index contributed by atoms with van der Waals surface area (Å²) in [6, 6.07) is 7.71. The van der Waals surface area contributed by atoms with Crippen LogP contribution in [0.4, 0.5) is 9.93 Å². The summed E-state index contributed by atoms with van der Waals surface area (Å²) in [4.78, 5) is 40.8. The smallest absolute Gasteiger partial charge is 0.282 e. The summed E-state index contributed by atoms with van der Waals surface area (Å²) in [5, 5.41) is 7.92. The fourth-order valence-corrected chi connectivity index (χ4v) is 4.26. The van der Waals surface area contributed by atoms with Gasteiger partial charge in [0.1, 0.15) is 6.54 Å². The Morgan fingerprint density at radius 1 is 1.30 bits per heavy atom. The quantitative estimate of drug-likeness (QED) is 0.772. The first-order valence-corrected chi connectivity index (χ1v) is 10.3. The number of nitrogens with one attached hydrogen (secondary N) is 2. The molecule has 1 saturated heterocycles. The van der Waals surface area contributed by atoms with Gasteiger partial charge in [0, 0.05) is 30.2 Å². The minimum atomic E-state index is -0.244. The monoisotopic (exact) mass is 404 g/mol. The number of benzene rings is 1. The van der Waals surface area contributed by atoms with Crippen molar-refractivity contribution in [2.75, 3.05) is 24.2 Å². The van der Waals surface area contributed by atoms with Crippen molar-refractivity contribution in [2.24, 2.45) is 0 Å². The molecule has 1 aliphatic heterocycles. The van der Waals surface area contributed by atoms with Gasteiger partial charge in [-0.15, -0.1) is 11.3 Å². The van der Waals surface area contributed by atoms with E-state index in [1.165, 1.54) is 34.9 Å². The number of hydrogen-bond acceptors (Lipinski definition) is 6. The zero-order valence-electron chi connectivity index (χ0n) is 15.0. The number of amides is 3. The maximum absolute atomic E-state index is 12.1. The van der Waals surface area contributed by atoms with Crippen molar-refractivity contribution in [3.8, 4) is 11.3 Å². The fourth-order valence-electron chi connectivity index (χ4n) is 2.70. The van der Waals surface area contributed by atoms with Crippen LogP contribution in [-0.4, -0.2) is 45.8 Å². The van der Waals surface area contributed by atoms with Gasteiger partial charge in [-0.05, 0) is 12.5 Å². The van der Waals surface area contributed by atoms with Crippen molar-refractivity contribution in [3.05, 3.63) is 35.2 Å². The molecule has 0 radical (unpaired) electrons. The summed E-state index contributed by atoms with van der Waals surface area (Å²) < 4.78 is 0. The van der Waals surface area contributed by atoms with Crippen LogP contribution in [0.2, 0.25) is 0 Å². The van der Waals surface area contributed by atoms with Crippen LogP contribution in [0.15, 0.2) is 29.6 Å². The predicted octanol–water partition coefficient (Wildman–Crippen LogP) is 3.11. The number of aromatic nitrogens is 1. The lowest BCUT2D eigenvalue weighted by Gasteiger charge is -2.13. The van der Waals surface area contributed by atoms with Crippen molar-refractivity contribution in [2.45, 2.75) is 19.9 Å². The van der Waals surface area contributed by atoms with Gasteiger partial charge in [0.05, 0.1) is 11.7 Å². The zero-order chi connectivity index (χ0) is 19.4. The summed E-state index contributed by atoms with van der Waals surface area (Å²) in [6.07, 6.45) is 0. The van der Waals surface area contributed by atoms with E-state index in [0.29, 0.717) is 11.7 Å². The lowest BCUT2D eigenvalue weighted by Crippen LogP contribution is -2.33. The van der Waals surface area contributed by atoms with Crippen LogP contribution in [0.5, 0.6) is 0 Å². The Hall–Kier alpha value is -2.39. The Bertz CT molecular complexity index is 851. The molecule has 1 aromatic carbocycles. The summed E-state index contributed by atoms with van der Waals surface area (Å²) in [7, 11) is 0. The number of thiazole rings is 1. The van der Waals surface area contributed by atoms with Crippen LogP contribution < -0.4 is 10.6 Å². The molecular weight excluding hydrogens is 384 g/mol. The Morgan fingerprint density at radius 3 is 2.67 bits per heavy atom. The topological polar surface area (TPSA) is 91.4 Å². The molecule has 1 unspecified atom stereocenters. The molecule has 27 heavy (non-hydrogen) atoms. The van der Waals surface area contributed by atoms with Crippen LogP contribution in [0.3, 0.4) is 0 Å². The number of carbonyl (C=O) groups is 3. The standard InChI is InChI=1S/C18H20N4O3S2/c1-11(19-12(2)23)13-3-5-14(6-4-13)15-10-27-17(20-15)21-16(24)9-22-7-8-26-18(22)25/h3-6,10-11H,7-9H2,1-2H3,(H,19,23)(H,20,21,24). The molecule has 2 aromatic rings. The molecule has 1 aromatic heterocycles. The largest absolute Gasteiger partial charge is 0.350 e. The van der Waals surface area contributed by atoms with Gasteiger partial charge < -0.3 is 15.5 Å². The number of nitrogens with zero attached hydrogens (tertiary/aromatic N) is 2. The molecule has 1 fully saturated rings. The van der Waals surface area contributed by atoms with E-state index in [2.05, 4.69) is 15.6 Å². The Morgan fingerprint density at radius 2 is 2.04 bits per heavy atom. The third-order valence-electron chi connectivity index (χ3n) is 4.06. The van der Waals surface area contributed by atoms with Crippen LogP contribution in [0, 0.1) is 0 Å². The van der Waals surface area contributed by atoms with E-state index in [9.17, 15) is 14.4 Å². The summed E-state index contributed by atoms with van der Waals surface area (Å²) >= 11 is 2.57. The third-order valence-corrected chi connectivity index (χ3v) is 5.71. The van der Waals surface area contributed by atoms with E-state index in [-0.39, 0.29) is 29.6 Å². The molecule has 2 N–H and O–H groups in total. The van der Waals surface area contributed by atoms with E-state index >= 15 is 0 Å². The average molecular weight is 405 g/mol. The van der Waals surface area contributed by atoms with Gasteiger partial charge in [-0.25, -0.2) is 4.98 Å². The molecule has 142 valence electrons. The van der Waals surface area contributed by atoms with Crippen LogP contribution in [0.1, 0.15) is 25.5 Å². The molecule has 0 spiro atoms. The summed E-state index contributed by atoms with van der Waals surface area (Å²) in [6.45, 7) is 4.07. The highest BCUT2D eigenvalue weighted by Gasteiger charge is 2.23. The Balaban J connectivity index is 1.60. The zero-order valence-corrected chi connectivity index (χ0v) is 16.7. The van der Waals surface area contributed by atoms with Crippen molar-refractivity contribution in [3.63, 3.8) is 0 Å². The number of hydrogen-bond donors (Lipinski definition) is 2. The summed E-state index contributed by atoms with van der Waals surface area (Å²) in [5.41, 5.74) is 2.70. The molecule has 0 saturated carbocycles. The minimum Gasteiger partial charge on any atom is -0.350 e. The molecule has 7 nitrogen and oxygen atoms in total. The highest BCUT2D eigenvalue weighted by Crippen LogP contribution is 2.26. The van der Waals surface area contributed by atoms with E-state index < -0.39 is 0 Å². The highest BCUT2D eigenvalue weighted by molar-refractivity contribution is 8.13. The molecule has 2 heterocycles. The van der Waals surface area contributed by atoms with E-state index in [4.69, 9.17) is 0 Å². The van der Waals surface area contributed by atoms with E-state index in [0.717, 1.165) is 22.6 Å². The fraction of sp³-hybridized carbons (Fsp3) is 0.333. The van der Waals surface area contributed by atoms with Crippen molar-refractivity contribution < 1.29 is 14.4 Å². The number of thioether (sulfide) groups is 1. The van der Waals surface area contributed by atoms with Gasteiger partial charge in [-0.1, -0.05) is 36.0 Å². The molecule has 3 amide bonds. The van der Waals surface area contributed by atoms with Crippen molar-refractivity contribution >= 4 is 45.3 Å². The van der Waals surface area contributed by atoms with Crippen LogP contribution >= 0.6 is 23.1 Å². The van der Waals surface area contributed by atoms with Crippen LogP contribution in [-0.2, 0) is 9.59 Å². The van der Waals surface area contributed by atoms with Gasteiger partial charge in [-0.3, -0.25) is 14.4 Å². The molecule has 9 heteroatoms. The second-order valence-electron chi connectivity index (χ2n) is 6.17. The van der Waals surface area contributed by atoms with Crippen LogP contribution in [0.25, 0.3) is 11.3 Å². The lowest BCUT2D eigenvalue weighted by atomic mass is 10.1. The normalized spacial score (nSPS) is 14.9. The van der Waals surface area contributed by atoms with Gasteiger partial charge in [-0.2, -0.15) is 0 Å².